The first-order valence-electron chi connectivity index (χ1n) is 7.13. The normalized spacial score (nSPS) is 19.7. The summed E-state index contributed by atoms with van der Waals surface area (Å²) >= 11 is 0. The molecule has 0 bridgehead atoms. The van der Waals surface area contributed by atoms with E-state index in [0.717, 1.165) is 4.31 Å². The molecular formula is C13H15F3N4O3S. The van der Waals surface area contributed by atoms with E-state index in [1.807, 2.05) is 6.07 Å². The van der Waals surface area contributed by atoms with Gasteiger partial charge in [-0.15, -0.1) is 0 Å². The molecule has 1 saturated heterocycles. The highest BCUT2D eigenvalue weighted by atomic mass is 32.2. The molecule has 0 radical (unpaired) electrons. The Morgan fingerprint density at radius 2 is 2.08 bits per heavy atom. The van der Waals surface area contributed by atoms with Gasteiger partial charge in [0.2, 0.25) is 15.7 Å². The van der Waals surface area contributed by atoms with Gasteiger partial charge in [-0.2, -0.15) is 22.7 Å². The first kappa shape index (κ1) is 18.4. The van der Waals surface area contributed by atoms with Crippen molar-refractivity contribution in [3.8, 4) is 11.9 Å². The van der Waals surface area contributed by atoms with Crippen LogP contribution in [0.25, 0.3) is 0 Å². The van der Waals surface area contributed by atoms with Gasteiger partial charge < -0.3 is 4.74 Å². The van der Waals surface area contributed by atoms with E-state index < -0.39 is 34.5 Å². The maximum absolute atomic E-state index is 12.2. The van der Waals surface area contributed by atoms with E-state index in [4.69, 9.17) is 10.00 Å². The fourth-order valence-electron chi connectivity index (χ4n) is 2.27. The summed E-state index contributed by atoms with van der Waals surface area (Å²) in [4.78, 5) is 7.66. The van der Waals surface area contributed by atoms with Crippen molar-refractivity contribution in [3.63, 3.8) is 0 Å². The molecule has 0 aromatic carbocycles. The first-order chi connectivity index (χ1) is 11.2. The zero-order valence-electron chi connectivity index (χ0n) is 12.5. The smallest absolute Gasteiger partial charge is 0.390 e. The van der Waals surface area contributed by atoms with Crippen LogP contribution in [0.15, 0.2) is 12.4 Å². The van der Waals surface area contributed by atoms with E-state index in [1.54, 1.807) is 0 Å². The molecule has 7 nitrogen and oxygen atoms in total. The molecule has 0 amide bonds. The van der Waals surface area contributed by atoms with E-state index in [2.05, 4.69) is 9.97 Å². The lowest BCUT2D eigenvalue weighted by atomic mass is 10.1. The van der Waals surface area contributed by atoms with Gasteiger partial charge >= 0.3 is 6.18 Å². The summed E-state index contributed by atoms with van der Waals surface area (Å²) in [5.74, 6) is -1.00. The van der Waals surface area contributed by atoms with Crippen molar-refractivity contribution in [1.82, 2.24) is 14.3 Å². The highest BCUT2D eigenvalue weighted by molar-refractivity contribution is 7.89. The van der Waals surface area contributed by atoms with Crippen LogP contribution >= 0.6 is 0 Å². The number of hydrogen-bond donors (Lipinski definition) is 0. The maximum atomic E-state index is 12.2. The van der Waals surface area contributed by atoms with Crippen LogP contribution in [0.5, 0.6) is 5.88 Å². The van der Waals surface area contributed by atoms with Gasteiger partial charge in [-0.3, -0.25) is 0 Å². The number of halogens is 3. The number of alkyl halides is 3. The van der Waals surface area contributed by atoms with Crippen molar-refractivity contribution < 1.29 is 26.3 Å². The summed E-state index contributed by atoms with van der Waals surface area (Å²) in [5, 5.41) is 8.93. The van der Waals surface area contributed by atoms with Gasteiger partial charge in [0.1, 0.15) is 12.2 Å². The molecule has 0 spiro atoms. The molecule has 1 fully saturated rings. The van der Waals surface area contributed by atoms with Crippen molar-refractivity contribution in [1.29, 1.82) is 5.26 Å². The van der Waals surface area contributed by atoms with Crippen molar-refractivity contribution in [2.75, 3.05) is 18.8 Å². The Balaban J connectivity index is 2.02. The molecule has 1 aromatic rings. The summed E-state index contributed by atoms with van der Waals surface area (Å²) in [6, 6.07) is 1.81. The van der Waals surface area contributed by atoms with Crippen LogP contribution in [0, 0.1) is 11.3 Å². The Labute approximate surface area is 137 Å². The number of hydrogen-bond acceptors (Lipinski definition) is 6. The topological polar surface area (TPSA) is 96.2 Å². The van der Waals surface area contributed by atoms with E-state index in [1.165, 1.54) is 12.4 Å². The fraction of sp³-hybridized carbons (Fsp3) is 0.615. The van der Waals surface area contributed by atoms with Crippen LogP contribution in [0.3, 0.4) is 0 Å². The highest BCUT2D eigenvalue weighted by Crippen LogP contribution is 2.24. The van der Waals surface area contributed by atoms with Gasteiger partial charge in [-0.05, 0) is 12.8 Å². The molecule has 1 aliphatic heterocycles. The van der Waals surface area contributed by atoms with Crippen LogP contribution in [0.2, 0.25) is 0 Å². The van der Waals surface area contributed by atoms with Crippen molar-refractivity contribution in [2.45, 2.75) is 31.5 Å². The lowest BCUT2D eigenvalue weighted by molar-refractivity contribution is -0.130. The van der Waals surface area contributed by atoms with Crippen molar-refractivity contribution in [3.05, 3.63) is 18.1 Å². The summed E-state index contributed by atoms with van der Waals surface area (Å²) in [5.41, 5.74) is -0.0328. The van der Waals surface area contributed by atoms with Gasteiger partial charge in [0.15, 0.2) is 0 Å². The van der Waals surface area contributed by atoms with Crippen LogP contribution in [-0.2, 0) is 10.0 Å². The van der Waals surface area contributed by atoms with Gasteiger partial charge in [0.25, 0.3) is 5.88 Å². The Morgan fingerprint density at radius 1 is 1.38 bits per heavy atom. The number of sulfonamides is 1. The van der Waals surface area contributed by atoms with Crippen LogP contribution in [-0.4, -0.2) is 53.8 Å². The summed E-state index contributed by atoms with van der Waals surface area (Å²) in [6.45, 7) is 0.0628. The summed E-state index contributed by atoms with van der Waals surface area (Å²) in [6.07, 6.45) is -2.91. The number of rotatable bonds is 5. The third-order valence-electron chi connectivity index (χ3n) is 3.43. The molecule has 1 atom stereocenters. The summed E-state index contributed by atoms with van der Waals surface area (Å²) < 4.78 is 67.3. The van der Waals surface area contributed by atoms with E-state index in [9.17, 15) is 21.6 Å². The Hall–Kier alpha value is -1.93. The van der Waals surface area contributed by atoms with E-state index in [-0.39, 0.29) is 24.7 Å². The molecule has 132 valence electrons. The van der Waals surface area contributed by atoms with E-state index in [0.29, 0.717) is 12.8 Å². The molecule has 1 aliphatic rings. The second kappa shape index (κ2) is 7.31. The molecule has 11 heteroatoms. The minimum absolute atomic E-state index is 0.0143. The largest absolute Gasteiger partial charge is 0.471 e. The Bertz CT molecular complexity index is 718. The predicted octanol–water partition coefficient (Wildman–Crippen LogP) is 1.47. The molecule has 1 unspecified atom stereocenters. The minimum atomic E-state index is -4.53. The Morgan fingerprint density at radius 3 is 2.75 bits per heavy atom. The van der Waals surface area contributed by atoms with Gasteiger partial charge in [-0.1, -0.05) is 0 Å². The van der Waals surface area contributed by atoms with Crippen LogP contribution in [0.1, 0.15) is 25.0 Å². The third-order valence-corrected chi connectivity index (χ3v) is 5.27. The SMILES string of the molecule is N#Cc1nccnc1OC1CCCN(S(=O)(=O)CCC(F)(F)F)C1. The first-order valence-corrected chi connectivity index (χ1v) is 8.74. The number of nitriles is 1. The lowest BCUT2D eigenvalue weighted by Gasteiger charge is -2.31. The molecule has 0 N–H and O–H groups in total. The van der Waals surface area contributed by atoms with Gasteiger partial charge in [0, 0.05) is 18.9 Å². The molecule has 1 aromatic heterocycles. The molecule has 2 rings (SSSR count). The fourth-order valence-corrected chi connectivity index (χ4v) is 3.82. The number of piperidine rings is 1. The number of nitrogens with zero attached hydrogens (tertiary/aromatic N) is 4. The third kappa shape index (κ3) is 5.04. The molecule has 0 aliphatic carbocycles. The minimum Gasteiger partial charge on any atom is -0.471 e. The lowest BCUT2D eigenvalue weighted by Crippen LogP contribution is -2.45. The zero-order valence-corrected chi connectivity index (χ0v) is 13.3. The predicted molar refractivity (Wildman–Crippen MR) is 76.4 cm³/mol. The van der Waals surface area contributed by atoms with Crippen molar-refractivity contribution in [2.24, 2.45) is 0 Å². The zero-order chi connectivity index (χ0) is 17.8. The van der Waals surface area contributed by atoms with Crippen LogP contribution in [0.4, 0.5) is 13.2 Å². The average molecular weight is 364 g/mol. The number of ether oxygens (including phenoxy) is 1. The molecule has 0 saturated carbocycles. The molecule has 2 heterocycles. The number of aromatic nitrogens is 2. The van der Waals surface area contributed by atoms with Crippen molar-refractivity contribution >= 4 is 10.0 Å². The summed E-state index contributed by atoms with van der Waals surface area (Å²) in [7, 11) is -4.03. The van der Waals surface area contributed by atoms with Gasteiger partial charge in [-0.25, -0.2) is 18.4 Å². The molecular weight excluding hydrogens is 349 g/mol. The average Bonchev–Trinajstić information content (AvgIpc) is 2.53. The quantitative estimate of drug-likeness (QED) is 0.785. The van der Waals surface area contributed by atoms with Gasteiger partial charge in [0.05, 0.1) is 18.7 Å². The maximum Gasteiger partial charge on any atom is 0.390 e. The second-order valence-electron chi connectivity index (χ2n) is 5.24. The molecule has 24 heavy (non-hydrogen) atoms. The van der Waals surface area contributed by atoms with Crippen LogP contribution < -0.4 is 4.74 Å². The second-order valence-corrected chi connectivity index (χ2v) is 7.33. The standard InChI is InChI=1S/C13H15F3N4O3S/c14-13(15,16)3-7-24(21,22)20-6-1-2-10(9-20)23-12-11(8-17)18-4-5-19-12/h4-5,10H,1-3,6-7,9H2. The Kier molecular flexibility index (Phi) is 5.61. The van der Waals surface area contributed by atoms with E-state index >= 15 is 0 Å². The monoisotopic (exact) mass is 364 g/mol. The highest BCUT2D eigenvalue weighted by Gasteiger charge is 2.35.